The smallest absolute Gasteiger partial charge is 0.222 e. The molecule has 0 aromatic heterocycles. The summed E-state index contributed by atoms with van der Waals surface area (Å²) >= 11 is 0. The molecule has 6 nitrogen and oxygen atoms in total. The Bertz CT molecular complexity index is 456. The fourth-order valence-corrected chi connectivity index (χ4v) is 4.88. The van der Waals surface area contributed by atoms with Crippen LogP contribution in [0.3, 0.4) is 0 Å². The first kappa shape index (κ1) is 17.7. The van der Waals surface area contributed by atoms with Gasteiger partial charge in [0.05, 0.1) is 19.1 Å². The fraction of sp³-hybridized carbons (Fsp3) is 0.889. The van der Waals surface area contributed by atoms with Crippen LogP contribution >= 0.6 is 0 Å². The van der Waals surface area contributed by atoms with Gasteiger partial charge in [-0.2, -0.15) is 0 Å². The number of rotatable bonds is 5. The first-order valence-corrected chi connectivity index (χ1v) is 9.52. The van der Waals surface area contributed by atoms with Crippen LogP contribution in [-0.4, -0.2) is 54.6 Å². The normalized spacial score (nSPS) is 30.8. The fourth-order valence-electron chi connectivity index (χ4n) is 4.88. The van der Waals surface area contributed by atoms with E-state index in [2.05, 4.69) is 10.2 Å². The van der Waals surface area contributed by atoms with Crippen molar-refractivity contribution in [1.29, 1.82) is 0 Å². The monoisotopic (exact) mass is 337 g/mol. The molecule has 0 aromatic rings. The summed E-state index contributed by atoms with van der Waals surface area (Å²) in [5.41, 5.74) is 5.52. The van der Waals surface area contributed by atoms with E-state index >= 15 is 0 Å². The molecule has 0 aromatic carbocycles. The predicted molar refractivity (Wildman–Crippen MR) is 91.3 cm³/mol. The highest BCUT2D eigenvalue weighted by molar-refractivity contribution is 5.81. The number of hydrogen-bond donors (Lipinski definition) is 2. The van der Waals surface area contributed by atoms with Crippen molar-refractivity contribution < 1.29 is 14.3 Å². The zero-order valence-electron chi connectivity index (χ0n) is 14.6. The summed E-state index contributed by atoms with van der Waals surface area (Å²) in [7, 11) is 0. The van der Waals surface area contributed by atoms with Gasteiger partial charge < -0.3 is 15.8 Å². The molecule has 2 saturated carbocycles. The minimum Gasteiger partial charge on any atom is -0.379 e. The number of hydrogen-bond acceptors (Lipinski definition) is 4. The lowest BCUT2D eigenvalue weighted by Gasteiger charge is -2.43. The largest absolute Gasteiger partial charge is 0.379 e. The minimum absolute atomic E-state index is 0.00918. The lowest BCUT2D eigenvalue weighted by atomic mass is 9.83. The van der Waals surface area contributed by atoms with E-state index in [0.717, 1.165) is 64.8 Å². The van der Waals surface area contributed by atoms with Crippen LogP contribution in [0.15, 0.2) is 0 Å². The van der Waals surface area contributed by atoms with Gasteiger partial charge in [-0.3, -0.25) is 14.5 Å². The van der Waals surface area contributed by atoms with E-state index in [-0.39, 0.29) is 29.3 Å². The molecule has 1 saturated heterocycles. The Labute approximate surface area is 144 Å². The zero-order chi connectivity index (χ0) is 17.0. The number of carbonyl (C=O) groups is 2. The molecule has 136 valence electrons. The molecular weight excluding hydrogens is 306 g/mol. The highest BCUT2D eigenvalue weighted by Crippen LogP contribution is 2.38. The van der Waals surface area contributed by atoms with Crippen molar-refractivity contribution in [3.05, 3.63) is 0 Å². The Morgan fingerprint density at radius 2 is 1.75 bits per heavy atom. The lowest BCUT2D eigenvalue weighted by Crippen LogP contribution is -2.55. The Morgan fingerprint density at radius 3 is 2.42 bits per heavy atom. The van der Waals surface area contributed by atoms with Crippen LogP contribution in [0, 0.1) is 5.92 Å². The van der Waals surface area contributed by atoms with E-state index in [1.807, 2.05) is 0 Å². The van der Waals surface area contributed by atoms with Crippen molar-refractivity contribution in [2.75, 3.05) is 26.3 Å². The maximum Gasteiger partial charge on any atom is 0.222 e. The molecule has 3 N–H and O–H groups in total. The van der Waals surface area contributed by atoms with Gasteiger partial charge in [0.1, 0.15) is 0 Å². The Balaban J connectivity index is 1.62. The van der Waals surface area contributed by atoms with Crippen molar-refractivity contribution in [3.63, 3.8) is 0 Å². The van der Waals surface area contributed by atoms with Gasteiger partial charge in [0.2, 0.25) is 11.8 Å². The van der Waals surface area contributed by atoms with Gasteiger partial charge in [-0.15, -0.1) is 0 Å². The molecule has 3 aliphatic rings. The second kappa shape index (κ2) is 7.83. The van der Waals surface area contributed by atoms with Crippen LogP contribution in [0.1, 0.15) is 57.8 Å². The Morgan fingerprint density at radius 1 is 1.08 bits per heavy atom. The number of nitrogens with two attached hydrogens (primary N) is 1. The first-order chi connectivity index (χ1) is 11.6. The van der Waals surface area contributed by atoms with Crippen LogP contribution in [0.5, 0.6) is 0 Å². The number of primary amides is 1. The molecule has 2 amide bonds. The summed E-state index contributed by atoms with van der Waals surface area (Å²) in [6.07, 6.45) is 8.85. The summed E-state index contributed by atoms with van der Waals surface area (Å²) in [4.78, 5) is 26.9. The van der Waals surface area contributed by atoms with Crippen LogP contribution in [-0.2, 0) is 14.3 Å². The first-order valence-electron chi connectivity index (χ1n) is 9.52. The maximum atomic E-state index is 12.8. The van der Waals surface area contributed by atoms with Gasteiger partial charge in [0.25, 0.3) is 0 Å². The molecular formula is C18H31N3O3. The van der Waals surface area contributed by atoms with Crippen LogP contribution in [0.2, 0.25) is 0 Å². The molecule has 3 rings (SSSR count). The third-order valence-electron chi connectivity index (χ3n) is 6.18. The van der Waals surface area contributed by atoms with Crippen LogP contribution in [0.25, 0.3) is 0 Å². The molecule has 1 aliphatic heterocycles. The molecule has 0 radical (unpaired) electrons. The Kier molecular flexibility index (Phi) is 5.76. The zero-order valence-corrected chi connectivity index (χ0v) is 14.6. The second-order valence-electron chi connectivity index (χ2n) is 7.67. The van der Waals surface area contributed by atoms with Gasteiger partial charge in [-0.25, -0.2) is 0 Å². The van der Waals surface area contributed by atoms with Crippen molar-refractivity contribution in [2.45, 2.75) is 69.4 Å². The molecule has 2 atom stereocenters. The third-order valence-corrected chi connectivity index (χ3v) is 6.18. The number of nitrogens with zero attached hydrogens (tertiary/aromatic N) is 1. The topological polar surface area (TPSA) is 84.7 Å². The third kappa shape index (κ3) is 3.91. The lowest BCUT2D eigenvalue weighted by molar-refractivity contribution is -0.128. The summed E-state index contributed by atoms with van der Waals surface area (Å²) in [6.45, 7) is 3.35. The second-order valence-corrected chi connectivity index (χ2v) is 7.67. The van der Waals surface area contributed by atoms with E-state index in [1.54, 1.807) is 0 Å². The van der Waals surface area contributed by atoms with Crippen molar-refractivity contribution in [2.24, 2.45) is 11.7 Å². The average Bonchev–Trinajstić information content (AvgIpc) is 3.05. The summed E-state index contributed by atoms with van der Waals surface area (Å²) in [5, 5.41) is 3.14. The van der Waals surface area contributed by atoms with Gasteiger partial charge in [0, 0.05) is 31.1 Å². The standard InChI is InChI=1S/C18H31N3O3/c19-17(23)14-5-1-2-6-15(14)20-16(22)13-18(7-3-4-8-18)21-9-11-24-12-10-21/h14-15H,1-13H2,(H2,19,23)(H,20,22)/t14-,15+/m1/s1. The highest BCUT2D eigenvalue weighted by Gasteiger charge is 2.42. The molecule has 0 bridgehead atoms. The number of carbonyl (C=O) groups excluding carboxylic acids is 2. The van der Waals surface area contributed by atoms with Crippen molar-refractivity contribution in [1.82, 2.24) is 10.2 Å². The van der Waals surface area contributed by atoms with E-state index < -0.39 is 0 Å². The number of morpholine rings is 1. The number of amides is 2. The average molecular weight is 337 g/mol. The molecule has 1 heterocycles. The van der Waals surface area contributed by atoms with Crippen LogP contribution in [0.4, 0.5) is 0 Å². The summed E-state index contributed by atoms with van der Waals surface area (Å²) in [5.74, 6) is -0.393. The summed E-state index contributed by atoms with van der Waals surface area (Å²) in [6, 6.07) is -0.0770. The minimum atomic E-state index is -0.274. The number of nitrogens with one attached hydrogen (secondary N) is 1. The van der Waals surface area contributed by atoms with Gasteiger partial charge in [0.15, 0.2) is 0 Å². The molecule has 24 heavy (non-hydrogen) atoms. The van der Waals surface area contributed by atoms with Gasteiger partial charge in [-0.1, -0.05) is 25.7 Å². The highest BCUT2D eigenvalue weighted by atomic mass is 16.5. The van der Waals surface area contributed by atoms with Gasteiger partial charge >= 0.3 is 0 Å². The van der Waals surface area contributed by atoms with Crippen molar-refractivity contribution >= 4 is 11.8 Å². The van der Waals surface area contributed by atoms with E-state index in [4.69, 9.17) is 10.5 Å². The van der Waals surface area contributed by atoms with Crippen molar-refractivity contribution in [3.8, 4) is 0 Å². The molecule has 2 aliphatic carbocycles. The van der Waals surface area contributed by atoms with Gasteiger partial charge in [-0.05, 0) is 25.7 Å². The van der Waals surface area contributed by atoms with E-state index in [0.29, 0.717) is 6.42 Å². The molecule has 6 heteroatoms. The maximum absolute atomic E-state index is 12.8. The summed E-state index contributed by atoms with van der Waals surface area (Å²) < 4.78 is 5.48. The Hall–Kier alpha value is -1.14. The number of ether oxygens (including phenoxy) is 1. The van der Waals surface area contributed by atoms with E-state index in [9.17, 15) is 9.59 Å². The quantitative estimate of drug-likeness (QED) is 0.789. The predicted octanol–water partition coefficient (Wildman–Crippen LogP) is 1.18. The van der Waals surface area contributed by atoms with Crippen LogP contribution < -0.4 is 11.1 Å². The molecule has 0 spiro atoms. The molecule has 3 fully saturated rings. The SMILES string of the molecule is NC(=O)[C@@H]1CCCC[C@@H]1NC(=O)CC1(N2CCOCC2)CCCC1. The molecule has 0 unspecified atom stereocenters. The van der Waals surface area contributed by atoms with E-state index in [1.165, 1.54) is 12.8 Å².